The average Bonchev–Trinajstić information content (AvgIpc) is 3.01. The minimum Gasteiger partial charge on any atom is -0.504 e. The number of nitrogens with one attached hydrogen (secondary N) is 2. The Morgan fingerprint density at radius 3 is 1.12 bits per heavy atom. The highest BCUT2D eigenvalue weighted by molar-refractivity contribution is 7.93. The number of phenolic OH excluding ortho intramolecular Hbond substituents is 1. The van der Waals surface area contributed by atoms with E-state index in [1.54, 1.807) is 4.72 Å². The molecule has 0 aliphatic carbocycles. The zero-order chi connectivity index (χ0) is 36.5. The second-order valence-electron chi connectivity index (χ2n) is 8.75. The van der Waals surface area contributed by atoms with Crippen molar-refractivity contribution in [3.63, 3.8) is 0 Å². The number of hydrogen-bond acceptors (Lipinski definition) is 7. The molecule has 9 nitrogen and oxygen atoms in total. The predicted molar refractivity (Wildman–Crippen MR) is 142 cm³/mol. The number of ether oxygens (including phenoxy) is 2. The van der Waals surface area contributed by atoms with Gasteiger partial charge in [-0.3, -0.25) is 9.44 Å². The van der Waals surface area contributed by atoms with Crippen LogP contribution in [0.2, 0.25) is 0 Å². The number of phenols is 1. The first kappa shape index (κ1) is 37.5. The van der Waals surface area contributed by atoms with Gasteiger partial charge in [0.15, 0.2) is 79.4 Å². The molecule has 0 atom stereocenters. The smallest absolute Gasteiger partial charge is 0.267 e. The Morgan fingerprint density at radius 2 is 0.812 bits per heavy atom. The summed E-state index contributed by atoms with van der Waals surface area (Å²) in [5.74, 6) is -26.5. The predicted octanol–water partition coefficient (Wildman–Crippen LogP) is 6.23. The van der Waals surface area contributed by atoms with Gasteiger partial charge in [0.2, 0.25) is 11.6 Å². The third kappa shape index (κ3) is 7.27. The van der Waals surface area contributed by atoms with Crippen molar-refractivity contribution >= 4 is 31.4 Å². The topological polar surface area (TPSA) is 131 Å². The lowest BCUT2D eigenvalue weighted by Gasteiger charge is -2.12. The van der Waals surface area contributed by atoms with E-state index in [0.29, 0.717) is 6.07 Å². The fraction of sp³-hybridized carbons (Fsp3) is 0.0769. The third-order valence-electron chi connectivity index (χ3n) is 5.71. The summed E-state index contributed by atoms with van der Waals surface area (Å²) in [7, 11) is -8.05. The van der Waals surface area contributed by atoms with Crippen LogP contribution in [0.25, 0.3) is 0 Å². The van der Waals surface area contributed by atoms with E-state index in [4.69, 9.17) is 4.74 Å². The van der Waals surface area contributed by atoms with E-state index in [9.17, 15) is 70.2 Å². The molecule has 0 aliphatic heterocycles. The summed E-state index contributed by atoms with van der Waals surface area (Å²) < 4.78 is 206. The molecular weight excluding hydrogens is 725 g/mol. The third-order valence-corrected chi connectivity index (χ3v) is 8.51. The maximum absolute atomic E-state index is 13.6. The Labute approximate surface area is 262 Å². The van der Waals surface area contributed by atoms with Crippen LogP contribution in [0.3, 0.4) is 0 Å². The van der Waals surface area contributed by atoms with Gasteiger partial charge in [-0.25, -0.2) is 65.1 Å². The lowest BCUT2D eigenvalue weighted by Crippen LogP contribution is -2.19. The molecule has 0 fully saturated rings. The number of rotatable bonds is 8. The minimum atomic E-state index is -5.23. The summed E-state index contributed by atoms with van der Waals surface area (Å²) in [6.07, 6.45) is 0. The van der Waals surface area contributed by atoms with Crippen LogP contribution in [-0.4, -0.2) is 36.2 Å². The molecule has 22 heteroatoms. The van der Waals surface area contributed by atoms with Crippen LogP contribution in [0.4, 0.5) is 59.7 Å². The molecule has 0 radical (unpaired) electrons. The van der Waals surface area contributed by atoms with Crippen molar-refractivity contribution in [1.82, 2.24) is 0 Å². The van der Waals surface area contributed by atoms with Gasteiger partial charge in [-0.15, -0.1) is 0 Å². The normalized spacial score (nSPS) is 11.4. The quantitative estimate of drug-likeness (QED) is 0.111. The number of anilines is 2. The molecule has 48 heavy (non-hydrogen) atoms. The molecule has 0 aromatic heterocycles. The fourth-order valence-corrected chi connectivity index (χ4v) is 5.92. The second kappa shape index (κ2) is 14.0. The summed E-state index contributed by atoms with van der Waals surface area (Å²) in [5, 5.41) is 9.51. The van der Waals surface area contributed by atoms with Gasteiger partial charge in [-0.2, -0.15) is 0 Å². The molecule has 0 unspecified atom stereocenters. The molecule has 0 bridgehead atoms. The van der Waals surface area contributed by atoms with Crippen molar-refractivity contribution in [3.8, 4) is 17.2 Å². The van der Waals surface area contributed by atoms with Gasteiger partial charge >= 0.3 is 0 Å². The first-order valence-corrected chi connectivity index (χ1v) is 15.0. The largest absolute Gasteiger partial charge is 0.504 e. The highest BCUT2D eigenvalue weighted by atomic mass is 32.2. The first-order chi connectivity index (χ1) is 22.2. The van der Waals surface area contributed by atoms with Crippen molar-refractivity contribution in [2.75, 3.05) is 23.7 Å². The van der Waals surface area contributed by atoms with Gasteiger partial charge in [-0.05, 0) is 24.3 Å². The highest BCUT2D eigenvalue weighted by Gasteiger charge is 2.35. The average molecular weight is 741 g/mol. The monoisotopic (exact) mass is 740 g/mol. The Hall–Kier alpha value is -4.99. The van der Waals surface area contributed by atoms with Crippen LogP contribution < -0.4 is 18.9 Å². The zero-order valence-electron chi connectivity index (χ0n) is 23.3. The van der Waals surface area contributed by atoms with E-state index < -0.39 is 111 Å². The van der Waals surface area contributed by atoms with Crippen LogP contribution in [0, 0.1) is 64.0 Å². The van der Waals surface area contributed by atoms with Crippen LogP contribution in [0.1, 0.15) is 0 Å². The number of sulfonamides is 2. The molecule has 3 N–H and O–H groups in total. The molecular formula is C26H15F11N2O7S2. The summed E-state index contributed by atoms with van der Waals surface area (Å²) in [6, 6.07) is 5.54. The van der Waals surface area contributed by atoms with Gasteiger partial charge in [0.05, 0.1) is 25.6 Å². The summed E-state index contributed by atoms with van der Waals surface area (Å²) in [6.45, 7) is 0. The standard InChI is InChI=1S/C13H7F6NO3S.C13H8F5NO4S/c1-23-7-3-2-5(4-6(7)14)20-24(21,22)13-11(18)9(16)8(15)10(17)12(13)19;1-23-7-3-2-5(4-6(7)20)19-24(21,22)13-11(17)9(15)8(14)10(16)12(13)18/h2-4,20H,1H3;2-4,19-20H,1H3. The Kier molecular flexibility index (Phi) is 10.9. The molecule has 260 valence electrons. The lowest BCUT2D eigenvalue weighted by molar-refractivity contribution is 0.358. The zero-order valence-corrected chi connectivity index (χ0v) is 25.0. The van der Waals surface area contributed by atoms with E-state index in [-0.39, 0.29) is 11.5 Å². The number of hydrogen-bond donors (Lipinski definition) is 3. The molecule has 4 rings (SSSR count). The van der Waals surface area contributed by atoms with Crippen LogP contribution in [0.15, 0.2) is 46.2 Å². The Bertz CT molecular complexity index is 1930. The van der Waals surface area contributed by atoms with Crippen molar-refractivity contribution < 1.29 is 79.7 Å². The number of benzene rings is 4. The molecule has 4 aromatic rings. The summed E-state index contributed by atoms with van der Waals surface area (Å²) in [5.41, 5.74) is -0.908. The molecule has 0 spiro atoms. The van der Waals surface area contributed by atoms with Crippen molar-refractivity contribution in [2.24, 2.45) is 0 Å². The van der Waals surface area contributed by atoms with Gasteiger partial charge < -0.3 is 14.6 Å². The Balaban J connectivity index is 0.000000260. The van der Waals surface area contributed by atoms with E-state index in [1.807, 2.05) is 0 Å². The summed E-state index contributed by atoms with van der Waals surface area (Å²) in [4.78, 5) is -4.11. The maximum atomic E-state index is 13.6. The lowest BCUT2D eigenvalue weighted by atomic mass is 10.3. The van der Waals surface area contributed by atoms with Crippen LogP contribution >= 0.6 is 0 Å². The molecule has 0 heterocycles. The molecule has 0 amide bonds. The highest BCUT2D eigenvalue weighted by Crippen LogP contribution is 2.33. The molecule has 0 saturated heterocycles. The van der Waals surface area contributed by atoms with Gasteiger partial charge in [0.25, 0.3) is 20.0 Å². The SMILES string of the molecule is COc1ccc(NS(=O)(=O)c2c(F)c(F)c(F)c(F)c2F)cc1F.COc1ccc(NS(=O)(=O)c2c(F)c(F)c(F)c(F)c2F)cc1O. The maximum Gasteiger partial charge on any atom is 0.267 e. The molecule has 0 saturated carbocycles. The van der Waals surface area contributed by atoms with E-state index in [1.165, 1.54) is 11.8 Å². The number of methoxy groups -OCH3 is 2. The Morgan fingerprint density at radius 1 is 0.500 bits per heavy atom. The van der Waals surface area contributed by atoms with Crippen LogP contribution in [-0.2, 0) is 20.0 Å². The van der Waals surface area contributed by atoms with Crippen molar-refractivity contribution in [3.05, 3.63) is 100 Å². The second-order valence-corrected chi connectivity index (χ2v) is 12.0. The van der Waals surface area contributed by atoms with E-state index >= 15 is 0 Å². The summed E-state index contributed by atoms with van der Waals surface area (Å²) >= 11 is 0. The molecule has 4 aromatic carbocycles. The molecule has 0 aliphatic rings. The van der Waals surface area contributed by atoms with E-state index in [0.717, 1.165) is 37.4 Å². The van der Waals surface area contributed by atoms with Crippen molar-refractivity contribution in [1.29, 1.82) is 0 Å². The minimum absolute atomic E-state index is 0.0332. The van der Waals surface area contributed by atoms with E-state index in [2.05, 4.69) is 4.74 Å². The first-order valence-electron chi connectivity index (χ1n) is 12.0. The number of aromatic hydroxyl groups is 1. The fourth-order valence-electron chi connectivity index (χ4n) is 3.54. The number of halogens is 11. The van der Waals surface area contributed by atoms with Gasteiger partial charge in [0.1, 0.15) is 0 Å². The van der Waals surface area contributed by atoms with Crippen molar-refractivity contribution in [2.45, 2.75) is 9.79 Å². The van der Waals surface area contributed by atoms with Gasteiger partial charge in [0, 0.05) is 12.1 Å². The van der Waals surface area contributed by atoms with Crippen LogP contribution in [0.5, 0.6) is 17.2 Å². The van der Waals surface area contributed by atoms with Gasteiger partial charge in [-0.1, -0.05) is 0 Å².